The Morgan fingerprint density at radius 2 is 2.09 bits per heavy atom. The normalized spacial score (nSPS) is 22.8. The molecule has 1 aromatic rings. The fraction of sp³-hybridized carbons (Fsp3) is 0.286. The number of carboxylic acid groups (broad SMARTS) is 1. The molecule has 2 N–H and O–H groups in total. The maximum atomic E-state index is 12.0. The number of nitrogens with zero attached hydrogens (tertiary/aromatic N) is 2. The molecular formula is C14H13N3O5. The first-order valence-electron chi connectivity index (χ1n) is 6.67. The summed E-state index contributed by atoms with van der Waals surface area (Å²) in [6.07, 6.45) is 0.151. The third kappa shape index (κ3) is 2.39. The van der Waals surface area contributed by atoms with Crippen LogP contribution in [0.4, 0.5) is 0 Å². The Morgan fingerprint density at radius 3 is 2.77 bits per heavy atom. The van der Waals surface area contributed by atoms with Gasteiger partial charge < -0.3 is 15.3 Å². The molecule has 8 heteroatoms. The van der Waals surface area contributed by atoms with E-state index in [1.54, 1.807) is 0 Å². The molecule has 0 bridgehead atoms. The van der Waals surface area contributed by atoms with Gasteiger partial charge in [0.05, 0.1) is 6.42 Å². The molecule has 0 unspecified atom stereocenters. The van der Waals surface area contributed by atoms with Gasteiger partial charge in [-0.05, 0) is 5.56 Å². The highest BCUT2D eigenvalue weighted by Crippen LogP contribution is 2.25. The van der Waals surface area contributed by atoms with E-state index in [4.69, 9.17) is 9.94 Å². The summed E-state index contributed by atoms with van der Waals surface area (Å²) >= 11 is 0. The fourth-order valence-electron chi connectivity index (χ4n) is 2.50. The molecule has 0 aliphatic carbocycles. The van der Waals surface area contributed by atoms with Crippen LogP contribution in [0.2, 0.25) is 0 Å². The summed E-state index contributed by atoms with van der Waals surface area (Å²) < 4.78 is 0. The van der Waals surface area contributed by atoms with Crippen molar-refractivity contribution in [3.63, 3.8) is 0 Å². The quantitative estimate of drug-likeness (QED) is 0.719. The van der Waals surface area contributed by atoms with E-state index in [1.807, 2.05) is 30.3 Å². The van der Waals surface area contributed by atoms with Crippen molar-refractivity contribution in [1.82, 2.24) is 10.2 Å². The molecule has 0 saturated carbocycles. The SMILES string of the molecule is O=C(Cc1ccccc1)N[C@@H]1C(=O)N2C(C(=O)O)=NOC[C@H]12. The predicted octanol–water partition coefficient (Wildman–Crippen LogP) is -0.647. The van der Waals surface area contributed by atoms with Gasteiger partial charge >= 0.3 is 5.97 Å². The number of fused-ring (bicyclic) bond motifs is 1. The molecule has 1 saturated heterocycles. The summed E-state index contributed by atoms with van der Waals surface area (Å²) in [6.45, 7) is 0.0544. The van der Waals surface area contributed by atoms with Crippen molar-refractivity contribution in [2.24, 2.45) is 5.16 Å². The Kier molecular flexibility index (Phi) is 3.50. The Balaban J connectivity index is 1.63. The number of oxime groups is 1. The molecule has 2 heterocycles. The van der Waals surface area contributed by atoms with Crippen LogP contribution in [0.25, 0.3) is 0 Å². The molecule has 0 aromatic heterocycles. The Bertz CT molecular complexity index is 658. The van der Waals surface area contributed by atoms with Crippen molar-refractivity contribution in [3.05, 3.63) is 35.9 Å². The number of benzene rings is 1. The van der Waals surface area contributed by atoms with Crippen molar-refractivity contribution in [1.29, 1.82) is 0 Å². The monoisotopic (exact) mass is 303 g/mol. The Morgan fingerprint density at radius 1 is 1.36 bits per heavy atom. The van der Waals surface area contributed by atoms with Gasteiger partial charge in [0.25, 0.3) is 11.7 Å². The van der Waals surface area contributed by atoms with Gasteiger partial charge in [-0.2, -0.15) is 0 Å². The minimum atomic E-state index is -1.34. The van der Waals surface area contributed by atoms with Gasteiger partial charge in [-0.1, -0.05) is 35.5 Å². The predicted molar refractivity (Wildman–Crippen MR) is 73.7 cm³/mol. The molecule has 3 rings (SSSR count). The van der Waals surface area contributed by atoms with Gasteiger partial charge in [0.1, 0.15) is 18.7 Å². The second-order valence-electron chi connectivity index (χ2n) is 5.00. The van der Waals surface area contributed by atoms with Crippen LogP contribution in [0.15, 0.2) is 35.5 Å². The number of nitrogens with one attached hydrogen (secondary N) is 1. The van der Waals surface area contributed by atoms with E-state index in [0.717, 1.165) is 10.5 Å². The zero-order chi connectivity index (χ0) is 15.7. The lowest BCUT2D eigenvalue weighted by molar-refractivity contribution is -0.154. The number of rotatable bonds is 4. The molecule has 0 radical (unpaired) electrons. The molecule has 0 spiro atoms. The second-order valence-corrected chi connectivity index (χ2v) is 5.00. The van der Waals surface area contributed by atoms with E-state index < -0.39 is 29.8 Å². The van der Waals surface area contributed by atoms with Gasteiger partial charge in [0, 0.05) is 0 Å². The summed E-state index contributed by atoms with van der Waals surface area (Å²) in [4.78, 5) is 40.8. The van der Waals surface area contributed by atoms with Gasteiger partial charge in [-0.3, -0.25) is 14.5 Å². The van der Waals surface area contributed by atoms with Crippen LogP contribution in [0, 0.1) is 0 Å². The van der Waals surface area contributed by atoms with E-state index in [1.165, 1.54) is 0 Å². The summed E-state index contributed by atoms with van der Waals surface area (Å²) in [5, 5.41) is 14.9. The maximum absolute atomic E-state index is 12.0. The minimum Gasteiger partial charge on any atom is -0.475 e. The standard InChI is InChI=1S/C14H13N3O5/c18-10(6-8-4-2-1-3-5-8)15-11-9-7-22-16-12(14(20)21)17(9)13(11)19/h1-5,9,11H,6-7H2,(H,15,18)(H,20,21)/t9-,11+/m1/s1. The maximum Gasteiger partial charge on any atom is 0.375 e. The number of hydrogen-bond donors (Lipinski definition) is 2. The van der Waals surface area contributed by atoms with Crippen molar-refractivity contribution < 1.29 is 24.3 Å². The Labute approximate surface area is 125 Å². The van der Waals surface area contributed by atoms with Gasteiger partial charge in [-0.25, -0.2) is 4.79 Å². The first kappa shape index (κ1) is 14.1. The van der Waals surface area contributed by atoms with Crippen molar-refractivity contribution in [3.8, 4) is 0 Å². The van der Waals surface area contributed by atoms with Crippen LogP contribution in [0.5, 0.6) is 0 Å². The summed E-state index contributed by atoms with van der Waals surface area (Å²) in [5.41, 5.74) is 0.830. The topological polar surface area (TPSA) is 108 Å². The summed E-state index contributed by atoms with van der Waals surface area (Å²) in [6, 6.07) is 7.81. The zero-order valence-corrected chi connectivity index (χ0v) is 11.4. The number of carboxylic acids is 1. The van der Waals surface area contributed by atoms with Crippen LogP contribution >= 0.6 is 0 Å². The number of carbonyl (C=O) groups excluding carboxylic acids is 2. The molecule has 2 aliphatic rings. The molecule has 2 amide bonds. The number of β-lactam (4-membered cyclic amide) rings is 1. The highest BCUT2D eigenvalue weighted by Gasteiger charge is 2.54. The van der Waals surface area contributed by atoms with E-state index in [9.17, 15) is 14.4 Å². The van der Waals surface area contributed by atoms with Crippen LogP contribution in [-0.2, 0) is 25.6 Å². The van der Waals surface area contributed by atoms with Crippen LogP contribution < -0.4 is 5.32 Å². The van der Waals surface area contributed by atoms with Gasteiger partial charge in [-0.15, -0.1) is 0 Å². The van der Waals surface area contributed by atoms with E-state index in [2.05, 4.69) is 10.5 Å². The van der Waals surface area contributed by atoms with E-state index >= 15 is 0 Å². The molecular weight excluding hydrogens is 290 g/mol. The largest absolute Gasteiger partial charge is 0.475 e. The van der Waals surface area contributed by atoms with E-state index in [0.29, 0.717) is 0 Å². The lowest BCUT2D eigenvalue weighted by Crippen LogP contribution is -2.75. The molecule has 2 atom stereocenters. The van der Waals surface area contributed by atoms with Crippen molar-refractivity contribution in [2.75, 3.05) is 6.61 Å². The molecule has 114 valence electrons. The molecule has 22 heavy (non-hydrogen) atoms. The second kappa shape index (κ2) is 5.47. The lowest BCUT2D eigenvalue weighted by atomic mass is 9.94. The first-order valence-corrected chi connectivity index (χ1v) is 6.67. The third-order valence-corrected chi connectivity index (χ3v) is 3.56. The number of hydrogen-bond acceptors (Lipinski definition) is 5. The molecule has 1 fully saturated rings. The van der Waals surface area contributed by atoms with Crippen molar-refractivity contribution >= 4 is 23.6 Å². The molecule has 2 aliphatic heterocycles. The minimum absolute atomic E-state index is 0.0544. The first-order chi connectivity index (χ1) is 10.6. The smallest absolute Gasteiger partial charge is 0.375 e. The van der Waals surface area contributed by atoms with Crippen LogP contribution in [0.1, 0.15) is 5.56 Å². The average Bonchev–Trinajstić information content (AvgIpc) is 2.52. The number of amidine groups is 1. The highest BCUT2D eigenvalue weighted by molar-refractivity contribution is 6.38. The van der Waals surface area contributed by atoms with Crippen LogP contribution in [0.3, 0.4) is 0 Å². The molecule has 1 aromatic carbocycles. The van der Waals surface area contributed by atoms with Crippen molar-refractivity contribution in [2.45, 2.75) is 18.5 Å². The third-order valence-electron chi connectivity index (χ3n) is 3.56. The molecule has 8 nitrogen and oxygen atoms in total. The number of amides is 2. The summed E-state index contributed by atoms with van der Waals surface area (Å²) in [7, 11) is 0. The van der Waals surface area contributed by atoms with Gasteiger partial charge in [0.15, 0.2) is 0 Å². The van der Waals surface area contributed by atoms with E-state index in [-0.39, 0.29) is 18.9 Å². The lowest BCUT2D eigenvalue weighted by Gasteiger charge is -2.46. The number of carbonyl (C=O) groups is 3. The fourth-order valence-corrected chi connectivity index (χ4v) is 2.50. The Hall–Kier alpha value is -2.90. The summed E-state index contributed by atoms with van der Waals surface area (Å²) in [5.74, 6) is -2.58. The van der Waals surface area contributed by atoms with Crippen LogP contribution in [-0.4, -0.2) is 52.3 Å². The number of aliphatic carboxylic acids is 1. The zero-order valence-electron chi connectivity index (χ0n) is 11.4. The average molecular weight is 303 g/mol. The van der Waals surface area contributed by atoms with Gasteiger partial charge in [0.2, 0.25) is 5.91 Å². The highest BCUT2D eigenvalue weighted by atomic mass is 16.6.